The Balaban J connectivity index is 1.93. The largest absolute Gasteiger partial charge is 0.378 e. The van der Waals surface area contributed by atoms with Crippen molar-refractivity contribution in [3.63, 3.8) is 0 Å². The van der Waals surface area contributed by atoms with Gasteiger partial charge in [-0.2, -0.15) is 0 Å². The standard InChI is InChI=1S/C14H15BrN2O/c15-12-3-1-11(2-4-12)13-9-16-10-14(13)17-5-7-18-8-6-17/h1-4,9-10,16H,5-8H2. The van der Waals surface area contributed by atoms with E-state index in [4.69, 9.17) is 4.74 Å². The van der Waals surface area contributed by atoms with Crippen molar-refractivity contribution in [1.29, 1.82) is 0 Å². The molecule has 1 aromatic carbocycles. The van der Waals surface area contributed by atoms with Crippen molar-refractivity contribution >= 4 is 21.6 Å². The molecular weight excluding hydrogens is 292 g/mol. The monoisotopic (exact) mass is 306 g/mol. The zero-order valence-corrected chi connectivity index (χ0v) is 11.6. The summed E-state index contributed by atoms with van der Waals surface area (Å²) < 4.78 is 6.51. The zero-order valence-electron chi connectivity index (χ0n) is 10.0. The van der Waals surface area contributed by atoms with Gasteiger partial charge in [-0.1, -0.05) is 28.1 Å². The molecule has 94 valence electrons. The number of hydrogen-bond donors (Lipinski definition) is 1. The lowest BCUT2D eigenvalue weighted by Gasteiger charge is -2.29. The predicted octanol–water partition coefficient (Wildman–Crippen LogP) is 3.28. The SMILES string of the molecule is Brc1ccc(-c2c[nH]cc2N2CCOCC2)cc1. The van der Waals surface area contributed by atoms with Gasteiger partial charge in [0.25, 0.3) is 0 Å². The van der Waals surface area contributed by atoms with Crippen LogP contribution in [-0.4, -0.2) is 31.3 Å². The number of aromatic nitrogens is 1. The maximum absolute atomic E-state index is 5.40. The first-order valence-corrected chi connectivity index (χ1v) is 6.89. The average Bonchev–Trinajstić information content (AvgIpc) is 2.90. The highest BCUT2D eigenvalue weighted by Gasteiger charge is 2.16. The number of ether oxygens (including phenoxy) is 1. The average molecular weight is 307 g/mol. The van der Waals surface area contributed by atoms with E-state index in [0.29, 0.717) is 0 Å². The molecule has 18 heavy (non-hydrogen) atoms. The van der Waals surface area contributed by atoms with E-state index in [9.17, 15) is 0 Å². The van der Waals surface area contributed by atoms with E-state index in [0.717, 1.165) is 30.8 Å². The first kappa shape index (κ1) is 11.8. The van der Waals surface area contributed by atoms with Crippen LogP contribution in [0.25, 0.3) is 11.1 Å². The van der Waals surface area contributed by atoms with Crippen molar-refractivity contribution in [1.82, 2.24) is 4.98 Å². The van der Waals surface area contributed by atoms with Crippen molar-refractivity contribution in [2.45, 2.75) is 0 Å². The van der Waals surface area contributed by atoms with Crippen molar-refractivity contribution in [3.05, 3.63) is 41.1 Å². The Bertz CT molecular complexity index is 515. The second kappa shape index (κ2) is 5.16. The van der Waals surface area contributed by atoms with E-state index in [1.807, 2.05) is 0 Å². The number of H-pyrrole nitrogens is 1. The highest BCUT2D eigenvalue weighted by Crippen LogP contribution is 2.31. The van der Waals surface area contributed by atoms with Crippen LogP contribution in [0.2, 0.25) is 0 Å². The third-order valence-electron chi connectivity index (χ3n) is 3.23. The summed E-state index contributed by atoms with van der Waals surface area (Å²) in [5, 5.41) is 0. The van der Waals surface area contributed by atoms with Gasteiger partial charge in [-0.25, -0.2) is 0 Å². The van der Waals surface area contributed by atoms with Gasteiger partial charge in [0, 0.05) is 35.5 Å². The molecular formula is C14H15BrN2O. The summed E-state index contributed by atoms with van der Waals surface area (Å²) in [7, 11) is 0. The molecule has 1 fully saturated rings. The van der Waals surface area contributed by atoms with Gasteiger partial charge in [-0.3, -0.25) is 0 Å². The van der Waals surface area contributed by atoms with E-state index >= 15 is 0 Å². The smallest absolute Gasteiger partial charge is 0.0642 e. The van der Waals surface area contributed by atoms with Crippen LogP contribution >= 0.6 is 15.9 Å². The Kier molecular flexibility index (Phi) is 3.39. The van der Waals surface area contributed by atoms with Gasteiger partial charge in [0.1, 0.15) is 0 Å². The van der Waals surface area contributed by atoms with Gasteiger partial charge >= 0.3 is 0 Å². The second-order valence-corrected chi connectivity index (χ2v) is 5.28. The highest BCUT2D eigenvalue weighted by atomic mass is 79.9. The third kappa shape index (κ3) is 2.31. The number of morpholine rings is 1. The minimum atomic E-state index is 0.810. The van der Waals surface area contributed by atoms with Crippen LogP contribution in [-0.2, 0) is 4.74 Å². The van der Waals surface area contributed by atoms with Crippen LogP contribution in [0.15, 0.2) is 41.1 Å². The molecule has 1 saturated heterocycles. The van der Waals surface area contributed by atoms with Gasteiger partial charge < -0.3 is 14.6 Å². The lowest BCUT2D eigenvalue weighted by Crippen LogP contribution is -2.36. The van der Waals surface area contributed by atoms with Crippen molar-refractivity contribution in [2.24, 2.45) is 0 Å². The molecule has 0 unspecified atom stereocenters. The van der Waals surface area contributed by atoms with E-state index in [1.54, 1.807) is 0 Å². The molecule has 0 spiro atoms. The second-order valence-electron chi connectivity index (χ2n) is 4.36. The molecule has 2 heterocycles. The van der Waals surface area contributed by atoms with E-state index in [2.05, 4.69) is 62.5 Å². The molecule has 2 aromatic rings. The molecule has 0 amide bonds. The number of anilines is 1. The maximum Gasteiger partial charge on any atom is 0.0642 e. The Morgan fingerprint density at radius 1 is 1.06 bits per heavy atom. The van der Waals surface area contributed by atoms with Crippen molar-refractivity contribution in [3.8, 4) is 11.1 Å². The molecule has 1 aliphatic rings. The maximum atomic E-state index is 5.40. The molecule has 4 heteroatoms. The third-order valence-corrected chi connectivity index (χ3v) is 3.76. The summed E-state index contributed by atoms with van der Waals surface area (Å²) in [4.78, 5) is 5.59. The minimum absolute atomic E-state index is 0.810. The Hall–Kier alpha value is -1.26. The summed E-state index contributed by atoms with van der Waals surface area (Å²) >= 11 is 3.47. The van der Waals surface area contributed by atoms with Crippen LogP contribution in [0, 0.1) is 0 Å². The van der Waals surface area contributed by atoms with E-state index in [1.165, 1.54) is 16.8 Å². The number of aromatic amines is 1. The lowest BCUT2D eigenvalue weighted by atomic mass is 10.1. The number of halogens is 1. The Labute approximate surface area is 115 Å². The molecule has 3 nitrogen and oxygen atoms in total. The molecule has 0 aliphatic carbocycles. The van der Waals surface area contributed by atoms with Crippen molar-refractivity contribution < 1.29 is 4.74 Å². The van der Waals surface area contributed by atoms with Crippen LogP contribution in [0.1, 0.15) is 0 Å². The van der Waals surface area contributed by atoms with Gasteiger partial charge in [0.2, 0.25) is 0 Å². The molecule has 3 rings (SSSR count). The van der Waals surface area contributed by atoms with Crippen LogP contribution in [0.4, 0.5) is 5.69 Å². The Morgan fingerprint density at radius 3 is 2.50 bits per heavy atom. The van der Waals surface area contributed by atoms with Gasteiger partial charge in [0.05, 0.1) is 18.9 Å². The van der Waals surface area contributed by atoms with Crippen LogP contribution < -0.4 is 4.90 Å². The fourth-order valence-corrected chi connectivity index (χ4v) is 2.55. The molecule has 0 bridgehead atoms. The fraction of sp³-hybridized carbons (Fsp3) is 0.286. The Morgan fingerprint density at radius 2 is 1.78 bits per heavy atom. The first-order chi connectivity index (χ1) is 8.84. The van der Waals surface area contributed by atoms with Gasteiger partial charge in [-0.05, 0) is 17.7 Å². The van der Waals surface area contributed by atoms with Crippen LogP contribution in [0.3, 0.4) is 0 Å². The number of hydrogen-bond acceptors (Lipinski definition) is 2. The van der Waals surface area contributed by atoms with Gasteiger partial charge in [0.15, 0.2) is 0 Å². The molecule has 0 atom stereocenters. The highest BCUT2D eigenvalue weighted by molar-refractivity contribution is 9.10. The molecule has 0 saturated carbocycles. The van der Waals surface area contributed by atoms with E-state index in [-0.39, 0.29) is 0 Å². The van der Waals surface area contributed by atoms with Gasteiger partial charge in [-0.15, -0.1) is 0 Å². The zero-order chi connectivity index (χ0) is 12.4. The topological polar surface area (TPSA) is 28.3 Å². The lowest BCUT2D eigenvalue weighted by molar-refractivity contribution is 0.123. The summed E-state index contributed by atoms with van der Waals surface area (Å²) in [6, 6.07) is 8.42. The quantitative estimate of drug-likeness (QED) is 0.922. The van der Waals surface area contributed by atoms with Crippen LogP contribution in [0.5, 0.6) is 0 Å². The summed E-state index contributed by atoms with van der Waals surface area (Å²) in [6.07, 6.45) is 4.14. The minimum Gasteiger partial charge on any atom is -0.378 e. The molecule has 1 aromatic heterocycles. The number of rotatable bonds is 2. The number of benzene rings is 1. The number of nitrogens with zero attached hydrogens (tertiary/aromatic N) is 1. The summed E-state index contributed by atoms with van der Waals surface area (Å²) in [5.41, 5.74) is 3.76. The normalized spacial score (nSPS) is 15.9. The predicted molar refractivity (Wildman–Crippen MR) is 77.0 cm³/mol. The van der Waals surface area contributed by atoms with Crippen molar-refractivity contribution in [2.75, 3.05) is 31.2 Å². The van der Waals surface area contributed by atoms with E-state index < -0.39 is 0 Å². The molecule has 1 N–H and O–H groups in total. The summed E-state index contributed by atoms with van der Waals surface area (Å²) in [6.45, 7) is 3.54. The number of nitrogens with one attached hydrogen (secondary N) is 1. The fourth-order valence-electron chi connectivity index (χ4n) is 2.28. The first-order valence-electron chi connectivity index (χ1n) is 6.10. The molecule has 0 radical (unpaired) electrons. The molecule has 1 aliphatic heterocycles. The summed E-state index contributed by atoms with van der Waals surface area (Å²) in [5.74, 6) is 0.